The molecule has 1 amide bonds. The van der Waals surface area contributed by atoms with E-state index in [2.05, 4.69) is 31.2 Å². The number of carbonyl (C=O) groups excluding carboxylic acids is 1. The molecule has 0 spiro atoms. The van der Waals surface area contributed by atoms with Crippen LogP contribution in [0.4, 0.5) is 11.6 Å². The molecular weight excluding hydrogens is 332 g/mol. The number of carbonyl (C=O) groups is 1. The Hall–Kier alpha value is -1.95. The van der Waals surface area contributed by atoms with Crippen molar-refractivity contribution in [2.45, 2.75) is 13.8 Å². The number of rotatable bonds is 5. The Balaban J connectivity index is 2.12. The van der Waals surface area contributed by atoms with Gasteiger partial charge in [0, 0.05) is 30.0 Å². The minimum Gasteiger partial charge on any atom is -0.341 e. The molecule has 0 aliphatic rings. The first-order valence-electron chi connectivity index (χ1n) is 6.78. The van der Waals surface area contributed by atoms with Gasteiger partial charge < -0.3 is 10.2 Å². The highest BCUT2D eigenvalue weighted by atomic mass is 79.9. The first-order chi connectivity index (χ1) is 10.2. The summed E-state index contributed by atoms with van der Waals surface area (Å²) in [5.41, 5.74) is 1.15. The van der Waals surface area contributed by atoms with E-state index in [-0.39, 0.29) is 5.91 Å². The maximum absolute atomic E-state index is 12.2. The molecule has 0 radical (unpaired) electrons. The number of amides is 1. The molecule has 0 aliphatic heterocycles. The second-order valence-electron chi connectivity index (χ2n) is 4.38. The molecule has 21 heavy (non-hydrogen) atoms. The average Bonchev–Trinajstić information content (AvgIpc) is 2.51. The van der Waals surface area contributed by atoms with E-state index in [1.807, 2.05) is 43.0 Å². The minimum absolute atomic E-state index is 0.229. The van der Waals surface area contributed by atoms with E-state index in [1.165, 1.54) is 0 Å². The number of hydrogen-bond donors (Lipinski definition) is 1. The van der Waals surface area contributed by atoms with Crippen LogP contribution in [0.3, 0.4) is 0 Å². The summed E-state index contributed by atoms with van der Waals surface area (Å²) in [7, 11) is 0. The van der Waals surface area contributed by atoms with Crippen molar-refractivity contribution < 1.29 is 4.79 Å². The van der Waals surface area contributed by atoms with Crippen molar-refractivity contribution in [2.75, 3.05) is 23.3 Å². The predicted octanol–water partition coefficient (Wildman–Crippen LogP) is 3.34. The number of halogens is 1. The topological polar surface area (TPSA) is 58.1 Å². The molecule has 0 saturated carbocycles. The average molecular weight is 349 g/mol. The summed E-state index contributed by atoms with van der Waals surface area (Å²) in [6, 6.07) is 7.45. The fourth-order valence-corrected chi connectivity index (χ4v) is 2.25. The number of para-hydroxylation sites is 1. The standard InChI is InChI=1S/C15H17BrN4O/c1-3-20(4-2)15-17-9-11(10-18-15)14(21)19-13-8-6-5-7-12(13)16/h5-10H,3-4H2,1-2H3,(H,19,21). The number of nitrogens with one attached hydrogen (secondary N) is 1. The van der Waals surface area contributed by atoms with Crippen molar-refractivity contribution in [3.8, 4) is 0 Å². The van der Waals surface area contributed by atoms with Crippen LogP contribution in [0.15, 0.2) is 41.1 Å². The highest BCUT2D eigenvalue weighted by Gasteiger charge is 2.11. The van der Waals surface area contributed by atoms with Crippen molar-refractivity contribution in [1.82, 2.24) is 9.97 Å². The summed E-state index contributed by atoms with van der Waals surface area (Å²) < 4.78 is 0.832. The van der Waals surface area contributed by atoms with Crippen molar-refractivity contribution in [3.63, 3.8) is 0 Å². The Kier molecular flexibility index (Phi) is 5.27. The number of benzene rings is 1. The van der Waals surface area contributed by atoms with Gasteiger partial charge >= 0.3 is 0 Å². The number of hydrogen-bond acceptors (Lipinski definition) is 4. The smallest absolute Gasteiger partial charge is 0.258 e. The summed E-state index contributed by atoms with van der Waals surface area (Å²) in [5.74, 6) is 0.408. The minimum atomic E-state index is -0.229. The van der Waals surface area contributed by atoms with Gasteiger partial charge in [0.1, 0.15) is 0 Å². The fourth-order valence-electron chi connectivity index (χ4n) is 1.87. The largest absolute Gasteiger partial charge is 0.341 e. The molecule has 0 fully saturated rings. The molecule has 0 saturated heterocycles. The molecule has 1 N–H and O–H groups in total. The number of nitrogens with zero attached hydrogens (tertiary/aromatic N) is 3. The zero-order chi connectivity index (χ0) is 15.2. The predicted molar refractivity (Wildman–Crippen MR) is 87.7 cm³/mol. The van der Waals surface area contributed by atoms with Gasteiger partial charge in [-0.2, -0.15) is 0 Å². The molecule has 0 unspecified atom stereocenters. The lowest BCUT2D eigenvalue weighted by atomic mass is 10.3. The summed E-state index contributed by atoms with van der Waals surface area (Å²) >= 11 is 3.39. The lowest BCUT2D eigenvalue weighted by Crippen LogP contribution is -2.24. The Bertz CT molecular complexity index is 611. The monoisotopic (exact) mass is 348 g/mol. The van der Waals surface area contributed by atoms with Crippen molar-refractivity contribution in [2.24, 2.45) is 0 Å². The molecule has 2 rings (SSSR count). The van der Waals surface area contributed by atoms with Gasteiger partial charge in [-0.3, -0.25) is 4.79 Å². The van der Waals surface area contributed by atoms with Crippen molar-refractivity contribution in [3.05, 3.63) is 46.7 Å². The number of anilines is 2. The third kappa shape index (κ3) is 3.78. The van der Waals surface area contributed by atoms with E-state index in [0.29, 0.717) is 11.5 Å². The lowest BCUT2D eigenvalue weighted by molar-refractivity contribution is 0.102. The van der Waals surface area contributed by atoms with Crippen LogP contribution in [0.25, 0.3) is 0 Å². The summed E-state index contributed by atoms with van der Waals surface area (Å²) in [4.78, 5) is 22.7. The molecule has 5 nitrogen and oxygen atoms in total. The van der Waals surface area contributed by atoms with Gasteiger partial charge in [0.25, 0.3) is 5.91 Å². The Morgan fingerprint density at radius 2 is 1.81 bits per heavy atom. The lowest BCUT2D eigenvalue weighted by Gasteiger charge is -2.18. The van der Waals surface area contributed by atoms with Crippen LogP contribution in [-0.4, -0.2) is 29.0 Å². The molecule has 0 bridgehead atoms. The van der Waals surface area contributed by atoms with E-state index in [4.69, 9.17) is 0 Å². The van der Waals surface area contributed by atoms with E-state index in [0.717, 1.165) is 23.2 Å². The van der Waals surface area contributed by atoms with Crippen molar-refractivity contribution >= 4 is 33.5 Å². The van der Waals surface area contributed by atoms with Crippen LogP contribution in [0.5, 0.6) is 0 Å². The van der Waals surface area contributed by atoms with E-state index >= 15 is 0 Å². The quantitative estimate of drug-likeness (QED) is 0.900. The summed E-state index contributed by atoms with van der Waals surface area (Å²) in [6.45, 7) is 5.75. The van der Waals surface area contributed by atoms with Crippen LogP contribution in [0.1, 0.15) is 24.2 Å². The molecule has 6 heteroatoms. The maximum Gasteiger partial charge on any atom is 0.258 e. The summed E-state index contributed by atoms with van der Waals surface area (Å²) in [5, 5.41) is 2.82. The molecule has 110 valence electrons. The van der Waals surface area contributed by atoms with Gasteiger partial charge in [0.15, 0.2) is 0 Å². The van der Waals surface area contributed by atoms with Gasteiger partial charge in [-0.05, 0) is 41.9 Å². The Morgan fingerprint density at radius 1 is 1.19 bits per heavy atom. The molecule has 1 aromatic carbocycles. The van der Waals surface area contributed by atoms with Crippen LogP contribution >= 0.6 is 15.9 Å². The third-order valence-corrected chi connectivity index (χ3v) is 3.76. The van der Waals surface area contributed by atoms with Crippen LogP contribution < -0.4 is 10.2 Å². The van der Waals surface area contributed by atoms with E-state index in [9.17, 15) is 4.79 Å². The van der Waals surface area contributed by atoms with Gasteiger partial charge in [-0.1, -0.05) is 12.1 Å². The van der Waals surface area contributed by atoms with E-state index in [1.54, 1.807) is 12.4 Å². The van der Waals surface area contributed by atoms with Gasteiger partial charge in [0.2, 0.25) is 5.95 Å². The molecule has 2 aromatic rings. The molecule has 0 aliphatic carbocycles. The van der Waals surface area contributed by atoms with Gasteiger partial charge in [-0.15, -0.1) is 0 Å². The molecular formula is C15H17BrN4O. The van der Waals surface area contributed by atoms with Crippen molar-refractivity contribution in [1.29, 1.82) is 0 Å². The Labute approximate surface area is 132 Å². The Morgan fingerprint density at radius 3 is 2.38 bits per heavy atom. The second-order valence-corrected chi connectivity index (χ2v) is 5.23. The molecule has 1 aromatic heterocycles. The van der Waals surface area contributed by atoms with Gasteiger partial charge in [-0.25, -0.2) is 9.97 Å². The highest BCUT2D eigenvalue weighted by Crippen LogP contribution is 2.21. The zero-order valence-corrected chi connectivity index (χ0v) is 13.6. The van der Waals surface area contributed by atoms with Gasteiger partial charge in [0.05, 0.1) is 11.3 Å². The SMILES string of the molecule is CCN(CC)c1ncc(C(=O)Nc2ccccc2Br)cn1. The highest BCUT2D eigenvalue weighted by molar-refractivity contribution is 9.10. The van der Waals surface area contributed by atoms with Crippen LogP contribution in [-0.2, 0) is 0 Å². The third-order valence-electron chi connectivity index (χ3n) is 3.07. The first-order valence-corrected chi connectivity index (χ1v) is 7.57. The first kappa shape index (κ1) is 15.4. The van der Waals surface area contributed by atoms with E-state index < -0.39 is 0 Å². The zero-order valence-electron chi connectivity index (χ0n) is 12.0. The molecule has 0 atom stereocenters. The second kappa shape index (κ2) is 7.17. The number of aromatic nitrogens is 2. The summed E-state index contributed by atoms with van der Waals surface area (Å²) in [6.07, 6.45) is 3.10. The fraction of sp³-hybridized carbons (Fsp3) is 0.267. The van der Waals surface area contributed by atoms with Crippen LogP contribution in [0.2, 0.25) is 0 Å². The normalized spacial score (nSPS) is 10.2. The van der Waals surface area contributed by atoms with Crippen LogP contribution in [0, 0.1) is 0 Å². The molecule has 1 heterocycles. The maximum atomic E-state index is 12.2.